The van der Waals surface area contributed by atoms with Gasteiger partial charge in [-0.3, -0.25) is 19.1 Å². The lowest BCUT2D eigenvalue weighted by molar-refractivity contribution is 0.0646. The van der Waals surface area contributed by atoms with Gasteiger partial charge < -0.3 is 18.9 Å². The van der Waals surface area contributed by atoms with E-state index < -0.39 is 19.3 Å². The highest BCUT2D eigenvalue weighted by molar-refractivity contribution is 7.54. The Kier molecular flexibility index (Phi) is 7.79. The number of benzene rings is 2. The zero-order valence-corrected chi connectivity index (χ0v) is 18.7. The number of carbonyl (C=O) groups excluding carboxylic acids is 2. The summed E-state index contributed by atoms with van der Waals surface area (Å²) >= 11 is 0. The number of rotatable bonds is 11. The van der Waals surface area contributed by atoms with Crippen LogP contribution in [0, 0.1) is 5.82 Å². The van der Waals surface area contributed by atoms with Gasteiger partial charge in [-0.1, -0.05) is 18.2 Å². The normalized spacial score (nSPS) is 14.6. The van der Waals surface area contributed by atoms with Gasteiger partial charge in [0.25, 0.3) is 11.8 Å². The van der Waals surface area contributed by atoms with Crippen molar-refractivity contribution in [2.24, 2.45) is 0 Å². The van der Waals surface area contributed by atoms with E-state index in [4.69, 9.17) is 13.8 Å². The van der Waals surface area contributed by atoms with E-state index in [-0.39, 0.29) is 49.5 Å². The third-order valence-corrected chi connectivity index (χ3v) is 6.97. The van der Waals surface area contributed by atoms with Crippen LogP contribution < -0.4 is 4.74 Å². The van der Waals surface area contributed by atoms with Crippen molar-refractivity contribution in [2.75, 3.05) is 26.4 Å². The highest BCUT2D eigenvalue weighted by Crippen LogP contribution is 2.59. The van der Waals surface area contributed by atoms with Crippen molar-refractivity contribution >= 4 is 19.4 Å². The van der Waals surface area contributed by atoms with Crippen LogP contribution in [0.25, 0.3) is 0 Å². The maximum Gasteiger partial charge on any atom is 0.363 e. The average Bonchev–Trinajstić information content (AvgIpc) is 3.02. The summed E-state index contributed by atoms with van der Waals surface area (Å²) in [6.45, 7) is 3.53. The van der Waals surface area contributed by atoms with E-state index in [9.17, 15) is 23.7 Å². The van der Waals surface area contributed by atoms with Gasteiger partial charge in [0.1, 0.15) is 0 Å². The first kappa shape index (κ1) is 24.1. The van der Waals surface area contributed by atoms with Crippen molar-refractivity contribution in [1.82, 2.24) is 4.90 Å². The first-order valence-corrected chi connectivity index (χ1v) is 11.9. The number of imide groups is 1. The lowest BCUT2D eigenvalue weighted by atomic mass is 10.1. The van der Waals surface area contributed by atoms with Crippen molar-refractivity contribution in [3.8, 4) is 5.75 Å². The van der Waals surface area contributed by atoms with E-state index in [2.05, 4.69) is 0 Å². The maximum absolute atomic E-state index is 14.5. The van der Waals surface area contributed by atoms with Crippen molar-refractivity contribution in [1.29, 1.82) is 0 Å². The molecule has 0 spiro atoms. The summed E-state index contributed by atoms with van der Waals surface area (Å²) in [5, 5.41) is 10.4. The summed E-state index contributed by atoms with van der Waals surface area (Å²) < 4.78 is 42.8. The van der Waals surface area contributed by atoms with Crippen LogP contribution in [-0.2, 0) is 13.6 Å². The van der Waals surface area contributed by atoms with Crippen LogP contribution in [0.15, 0.2) is 42.5 Å². The zero-order valence-electron chi connectivity index (χ0n) is 17.8. The molecule has 2 aromatic carbocycles. The second-order valence-electron chi connectivity index (χ2n) is 6.95. The smallest absolute Gasteiger partial charge is 0.363 e. The molecule has 1 atom stereocenters. The van der Waals surface area contributed by atoms with Gasteiger partial charge >= 0.3 is 7.60 Å². The van der Waals surface area contributed by atoms with E-state index in [0.29, 0.717) is 17.5 Å². The molecule has 0 bridgehead atoms. The molecule has 10 heteroatoms. The van der Waals surface area contributed by atoms with Crippen molar-refractivity contribution < 1.29 is 37.4 Å². The molecule has 0 radical (unpaired) electrons. The fourth-order valence-corrected chi connectivity index (χ4v) is 4.97. The Morgan fingerprint density at radius 3 is 2.16 bits per heavy atom. The number of aliphatic hydroxyl groups is 1. The Hall–Kier alpha value is -2.58. The molecule has 1 unspecified atom stereocenters. The molecule has 8 nitrogen and oxygen atoms in total. The van der Waals surface area contributed by atoms with Crippen molar-refractivity contribution in [3.05, 3.63) is 65.0 Å². The fraction of sp³-hybridized carbons (Fsp3) is 0.364. The molecule has 0 aromatic heterocycles. The third-order valence-electron chi connectivity index (χ3n) is 4.83. The van der Waals surface area contributed by atoms with E-state index in [1.54, 1.807) is 38.1 Å². The van der Waals surface area contributed by atoms with Crippen molar-refractivity contribution in [2.45, 2.75) is 26.1 Å². The Morgan fingerprint density at radius 2 is 1.62 bits per heavy atom. The molecule has 1 aliphatic rings. The molecule has 32 heavy (non-hydrogen) atoms. The predicted octanol–water partition coefficient (Wildman–Crippen LogP) is 4.15. The van der Waals surface area contributed by atoms with Gasteiger partial charge in [0.05, 0.1) is 30.9 Å². The quantitative estimate of drug-likeness (QED) is 0.302. The Labute approximate surface area is 185 Å². The molecule has 2 amide bonds. The van der Waals surface area contributed by atoms with E-state index in [0.717, 1.165) is 11.0 Å². The minimum Gasteiger partial charge on any atom is -0.490 e. The molecule has 0 fully saturated rings. The van der Waals surface area contributed by atoms with Gasteiger partial charge in [-0.05, 0) is 50.1 Å². The SMILES string of the molecule is CCOP(=O)(OCC)C(O)c1ccc(OCCCN2C(=O)c3ccccc3C2=O)c(F)c1. The number of hydrogen-bond acceptors (Lipinski definition) is 7. The summed E-state index contributed by atoms with van der Waals surface area (Å²) in [4.78, 5) is 25.8. The highest BCUT2D eigenvalue weighted by atomic mass is 31.2. The number of nitrogens with zero attached hydrogens (tertiary/aromatic N) is 1. The van der Waals surface area contributed by atoms with Crippen LogP contribution in [0.3, 0.4) is 0 Å². The lowest BCUT2D eigenvalue weighted by Crippen LogP contribution is -2.31. The molecule has 0 aliphatic carbocycles. The van der Waals surface area contributed by atoms with Crippen LogP contribution in [0.5, 0.6) is 5.75 Å². The fourth-order valence-electron chi connectivity index (χ4n) is 3.36. The number of halogens is 1. The minimum atomic E-state index is -3.86. The van der Waals surface area contributed by atoms with Gasteiger partial charge in [-0.2, -0.15) is 0 Å². The largest absolute Gasteiger partial charge is 0.490 e. The molecule has 1 aliphatic heterocycles. The van der Waals surface area contributed by atoms with Gasteiger partial charge in [0, 0.05) is 6.54 Å². The Morgan fingerprint density at radius 1 is 1.03 bits per heavy atom. The highest BCUT2D eigenvalue weighted by Gasteiger charge is 2.36. The molecule has 1 N–H and O–H groups in total. The number of aliphatic hydroxyl groups excluding tert-OH is 1. The summed E-state index contributed by atoms with van der Waals surface area (Å²) in [5.41, 5.74) is 0.774. The zero-order chi connectivity index (χ0) is 23.3. The number of amides is 2. The number of hydrogen-bond donors (Lipinski definition) is 1. The average molecular weight is 465 g/mol. The second-order valence-corrected chi connectivity index (χ2v) is 9.03. The third kappa shape index (κ3) is 4.91. The summed E-state index contributed by atoms with van der Waals surface area (Å²) in [7, 11) is -3.86. The van der Waals surface area contributed by atoms with Crippen LogP contribution in [0.4, 0.5) is 4.39 Å². The number of ether oxygens (including phenoxy) is 1. The molecule has 0 saturated heterocycles. The van der Waals surface area contributed by atoms with E-state index in [1.807, 2.05) is 0 Å². The maximum atomic E-state index is 14.5. The number of fused-ring (bicyclic) bond motifs is 1. The first-order chi connectivity index (χ1) is 15.3. The Bertz CT molecular complexity index is 1000. The Balaban J connectivity index is 1.57. The summed E-state index contributed by atoms with van der Waals surface area (Å²) in [6, 6.07) is 10.3. The lowest BCUT2D eigenvalue weighted by Gasteiger charge is -2.22. The van der Waals surface area contributed by atoms with Gasteiger partial charge in [0.15, 0.2) is 17.4 Å². The summed E-state index contributed by atoms with van der Waals surface area (Å²) in [6.07, 6.45) is 0.305. The predicted molar refractivity (Wildman–Crippen MR) is 114 cm³/mol. The molecule has 1 heterocycles. The van der Waals surface area contributed by atoms with Crippen LogP contribution in [-0.4, -0.2) is 48.2 Å². The van der Waals surface area contributed by atoms with Gasteiger partial charge in [0.2, 0.25) is 0 Å². The standard InChI is InChI=1S/C22H25FNO7P/c1-3-30-32(28,31-4-2)22(27)15-10-11-19(18(23)14-15)29-13-7-12-24-20(25)16-8-5-6-9-17(16)21(24)26/h5-6,8-11,14,22,27H,3-4,7,12-13H2,1-2H3. The molecule has 172 valence electrons. The monoisotopic (exact) mass is 465 g/mol. The molecule has 0 saturated carbocycles. The van der Waals surface area contributed by atoms with Crippen LogP contribution in [0.1, 0.15) is 52.4 Å². The topological polar surface area (TPSA) is 102 Å². The van der Waals surface area contributed by atoms with E-state index >= 15 is 0 Å². The molecule has 2 aromatic rings. The van der Waals surface area contributed by atoms with Gasteiger partial charge in [-0.15, -0.1) is 0 Å². The second kappa shape index (κ2) is 10.4. The van der Waals surface area contributed by atoms with Gasteiger partial charge in [-0.25, -0.2) is 4.39 Å². The van der Waals surface area contributed by atoms with Crippen molar-refractivity contribution in [3.63, 3.8) is 0 Å². The first-order valence-electron chi connectivity index (χ1n) is 10.3. The summed E-state index contributed by atoms with van der Waals surface area (Å²) in [5.74, 6) is -3.20. The number of carbonyl (C=O) groups is 2. The molecular formula is C22H25FNO7P. The minimum absolute atomic E-state index is 0.0334. The van der Waals surface area contributed by atoms with Crippen LogP contribution in [0.2, 0.25) is 0 Å². The van der Waals surface area contributed by atoms with Crippen LogP contribution >= 0.6 is 7.60 Å². The molecule has 3 rings (SSSR count). The van der Waals surface area contributed by atoms with E-state index in [1.165, 1.54) is 12.1 Å². The molecular weight excluding hydrogens is 440 g/mol.